The van der Waals surface area contributed by atoms with Crippen molar-refractivity contribution in [3.8, 4) is 0 Å². The van der Waals surface area contributed by atoms with Crippen molar-refractivity contribution < 1.29 is 13.2 Å². The molecule has 1 amide bonds. The number of carbonyl (C=O) groups excluding carboxylic acids is 1. The van der Waals surface area contributed by atoms with Gasteiger partial charge in [0.2, 0.25) is 15.9 Å². The maximum atomic E-state index is 11.8. The first-order valence-corrected chi connectivity index (χ1v) is 7.51. The van der Waals surface area contributed by atoms with Gasteiger partial charge >= 0.3 is 0 Å². The molecule has 0 bridgehead atoms. The number of nitrogens with one attached hydrogen (secondary N) is 2. The number of carbonyl (C=O) groups is 1. The quantitative estimate of drug-likeness (QED) is 0.820. The summed E-state index contributed by atoms with van der Waals surface area (Å²) >= 11 is 0. The lowest BCUT2D eigenvalue weighted by Crippen LogP contribution is -2.37. The molecule has 1 heterocycles. The Morgan fingerprint density at radius 2 is 2.06 bits per heavy atom. The smallest absolute Gasteiger partial charge is 0.239 e. The molecule has 1 aromatic rings. The van der Waals surface area contributed by atoms with Gasteiger partial charge in [-0.2, -0.15) is 0 Å². The zero-order chi connectivity index (χ0) is 13.0. The maximum absolute atomic E-state index is 11.8. The number of hydrogen-bond donors (Lipinski definition) is 2. The van der Waals surface area contributed by atoms with Crippen molar-refractivity contribution in [2.24, 2.45) is 5.92 Å². The second-order valence-electron chi connectivity index (χ2n) is 4.40. The molecule has 0 unspecified atom stereocenters. The number of rotatable bonds is 4. The normalized spacial score (nSPS) is 19.7. The molecular weight excluding hydrogens is 252 g/mol. The number of benzene rings is 1. The van der Waals surface area contributed by atoms with Gasteiger partial charge in [0.1, 0.15) is 0 Å². The van der Waals surface area contributed by atoms with E-state index < -0.39 is 15.9 Å². The van der Waals surface area contributed by atoms with Crippen LogP contribution >= 0.6 is 0 Å². The topological polar surface area (TPSA) is 75.3 Å². The van der Waals surface area contributed by atoms with Gasteiger partial charge in [-0.1, -0.05) is 30.3 Å². The van der Waals surface area contributed by atoms with Crippen LogP contribution in [0.5, 0.6) is 0 Å². The molecule has 1 atom stereocenters. The van der Waals surface area contributed by atoms with Gasteiger partial charge in [0.25, 0.3) is 0 Å². The van der Waals surface area contributed by atoms with Crippen LogP contribution in [0.2, 0.25) is 0 Å². The van der Waals surface area contributed by atoms with Crippen LogP contribution < -0.4 is 10.0 Å². The minimum atomic E-state index is -3.60. The van der Waals surface area contributed by atoms with Crippen molar-refractivity contribution in [2.45, 2.75) is 12.2 Å². The van der Waals surface area contributed by atoms with Crippen molar-refractivity contribution >= 4 is 15.9 Å². The van der Waals surface area contributed by atoms with Crippen LogP contribution in [0.4, 0.5) is 0 Å². The Morgan fingerprint density at radius 1 is 1.33 bits per heavy atom. The van der Waals surface area contributed by atoms with Crippen LogP contribution in [0.15, 0.2) is 30.3 Å². The van der Waals surface area contributed by atoms with Gasteiger partial charge in [0.05, 0.1) is 11.7 Å². The summed E-state index contributed by atoms with van der Waals surface area (Å²) < 4.78 is 25.8. The van der Waals surface area contributed by atoms with Crippen molar-refractivity contribution in [1.29, 1.82) is 0 Å². The van der Waals surface area contributed by atoms with Gasteiger partial charge in [0.15, 0.2) is 0 Å². The third-order valence-corrected chi connectivity index (χ3v) is 4.11. The molecule has 1 fully saturated rings. The van der Waals surface area contributed by atoms with E-state index >= 15 is 0 Å². The molecule has 18 heavy (non-hydrogen) atoms. The Hall–Kier alpha value is -1.40. The molecule has 2 N–H and O–H groups in total. The summed E-state index contributed by atoms with van der Waals surface area (Å²) in [5.41, 5.74) is 0.669. The third-order valence-electron chi connectivity index (χ3n) is 2.89. The van der Waals surface area contributed by atoms with Crippen molar-refractivity contribution in [3.05, 3.63) is 35.9 Å². The van der Waals surface area contributed by atoms with Gasteiger partial charge in [-0.15, -0.1) is 0 Å². The summed E-state index contributed by atoms with van der Waals surface area (Å²) in [5.74, 6) is -0.814. The van der Waals surface area contributed by atoms with E-state index in [9.17, 15) is 13.2 Å². The lowest BCUT2D eigenvalue weighted by atomic mass is 10.1. The van der Waals surface area contributed by atoms with Crippen molar-refractivity contribution in [2.75, 3.05) is 13.1 Å². The molecule has 1 aliphatic rings. The Labute approximate surface area is 107 Å². The Balaban J connectivity index is 1.97. The molecule has 0 saturated carbocycles. The van der Waals surface area contributed by atoms with Crippen LogP contribution in [0.1, 0.15) is 12.0 Å². The van der Waals surface area contributed by atoms with Crippen LogP contribution in [0, 0.1) is 5.92 Å². The molecule has 5 nitrogen and oxygen atoms in total. The highest BCUT2D eigenvalue weighted by Crippen LogP contribution is 2.09. The molecular formula is C12H16N2O3S. The average molecular weight is 268 g/mol. The highest BCUT2D eigenvalue weighted by atomic mass is 32.2. The van der Waals surface area contributed by atoms with Crippen LogP contribution in [0.3, 0.4) is 0 Å². The summed E-state index contributed by atoms with van der Waals surface area (Å²) in [6.07, 6.45) is 0.687. The van der Waals surface area contributed by atoms with E-state index in [2.05, 4.69) is 10.0 Å². The molecule has 0 spiro atoms. The van der Waals surface area contributed by atoms with E-state index in [0.717, 1.165) is 6.54 Å². The fourth-order valence-electron chi connectivity index (χ4n) is 1.94. The van der Waals surface area contributed by atoms with Gasteiger partial charge in [-0.25, -0.2) is 8.42 Å². The fourth-order valence-corrected chi connectivity index (χ4v) is 3.12. The van der Waals surface area contributed by atoms with Crippen LogP contribution in [-0.2, 0) is 20.6 Å². The third kappa shape index (κ3) is 3.54. The zero-order valence-electron chi connectivity index (χ0n) is 9.93. The van der Waals surface area contributed by atoms with Gasteiger partial charge in [-0.3, -0.25) is 9.52 Å². The largest absolute Gasteiger partial charge is 0.316 e. The molecule has 1 saturated heterocycles. The Bertz CT molecular complexity index is 507. The van der Waals surface area contributed by atoms with Crippen molar-refractivity contribution in [1.82, 2.24) is 10.0 Å². The maximum Gasteiger partial charge on any atom is 0.239 e. The Kier molecular flexibility index (Phi) is 3.98. The summed E-state index contributed by atoms with van der Waals surface area (Å²) in [6, 6.07) is 8.81. The van der Waals surface area contributed by atoms with Gasteiger partial charge in [0, 0.05) is 6.54 Å². The molecule has 1 aliphatic heterocycles. The molecule has 6 heteroatoms. The predicted molar refractivity (Wildman–Crippen MR) is 68.2 cm³/mol. The highest BCUT2D eigenvalue weighted by molar-refractivity contribution is 7.89. The standard InChI is InChI=1S/C12H16N2O3S/c15-12(11-6-7-13-8-11)14-18(16,17)9-10-4-2-1-3-5-10/h1-5,11,13H,6-9H2,(H,14,15)/t11-/m1/s1. The predicted octanol–water partition coefficient (Wildman–Crippen LogP) is 0.242. The first kappa shape index (κ1) is 13.0. The molecule has 2 rings (SSSR count). The minimum Gasteiger partial charge on any atom is -0.316 e. The number of sulfonamides is 1. The van der Waals surface area contributed by atoms with E-state index in [1.807, 2.05) is 6.07 Å². The monoisotopic (exact) mass is 268 g/mol. The molecule has 0 aliphatic carbocycles. The Morgan fingerprint density at radius 3 is 2.67 bits per heavy atom. The number of hydrogen-bond acceptors (Lipinski definition) is 4. The molecule has 0 aromatic heterocycles. The first-order chi connectivity index (χ1) is 8.57. The lowest BCUT2D eigenvalue weighted by Gasteiger charge is -2.10. The lowest BCUT2D eigenvalue weighted by molar-refractivity contribution is -0.122. The average Bonchev–Trinajstić information content (AvgIpc) is 2.82. The second-order valence-corrected chi connectivity index (χ2v) is 6.12. The van der Waals surface area contributed by atoms with Gasteiger partial charge in [-0.05, 0) is 18.5 Å². The van der Waals surface area contributed by atoms with Crippen LogP contribution in [-0.4, -0.2) is 27.4 Å². The molecule has 98 valence electrons. The van der Waals surface area contributed by atoms with Gasteiger partial charge < -0.3 is 5.32 Å². The van der Waals surface area contributed by atoms with E-state index in [1.54, 1.807) is 24.3 Å². The van der Waals surface area contributed by atoms with E-state index in [0.29, 0.717) is 18.5 Å². The van der Waals surface area contributed by atoms with E-state index in [-0.39, 0.29) is 11.7 Å². The summed E-state index contributed by atoms with van der Waals surface area (Å²) in [5, 5.41) is 3.03. The fraction of sp³-hybridized carbons (Fsp3) is 0.417. The molecule has 0 radical (unpaired) electrons. The van der Waals surface area contributed by atoms with Crippen molar-refractivity contribution in [3.63, 3.8) is 0 Å². The van der Waals surface area contributed by atoms with E-state index in [4.69, 9.17) is 0 Å². The molecule has 1 aromatic carbocycles. The SMILES string of the molecule is O=C(NS(=O)(=O)Cc1ccccc1)[C@@H]1CCNC1. The first-order valence-electron chi connectivity index (χ1n) is 5.86. The van der Waals surface area contributed by atoms with Crippen LogP contribution in [0.25, 0.3) is 0 Å². The second kappa shape index (κ2) is 5.49. The minimum absolute atomic E-state index is 0.167. The summed E-state index contributed by atoms with van der Waals surface area (Å²) in [7, 11) is -3.60. The summed E-state index contributed by atoms with van der Waals surface area (Å²) in [4.78, 5) is 11.7. The van der Waals surface area contributed by atoms with E-state index in [1.165, 1.54) is 0 Å². The zero-order valence-corrected chi connectivity index (χ0v) is 10.7. The summed E-state index contributed by atoms with van der Waals surface area (Å²) in [6.45, 7) is 1.31. The highest BCUT2D eigenvalue weighted by Gasteiger charge is 2.25. The number of amides is 1.